The van der Waals surface area contributed by atoms with Gasteiger partial charge in [-0.1, -0.05) is 24.3 Å². The number of amides is 1. The van der Waals surface area contributed by atoms with E-state index in [0.29, 0.717) is 16.9 Å². The molecule has 4 heteroatoms. The standard InChI is InChI=1S/C14H13BrN2O/c1-17(13-9-5-4-8-12(13)16)14(18)10-6-2-3-7-11(10)15/h2-9H,16H2,1H3. The summed E-state index contributed by atoms with van der Waals surface area (Å²) < 4.78 is 0.774. The molecule has 18 heavy (non-hydrogen) atoms. The highest BCUT2D eigenvalue weighted by Crippen LogP contribution is 2.25. The highest BCUT2D eigenvalue weighted by Gasteiger charge is 2.17. The lowest BCUT2D eigenvalue weighted by molar-refractivity contribution is 0.0992. The van der Waals surface area contributed by atoms with Gasteiger partial charge in [-0.2, -0.15) is 0 Å². The first-order valence-electron chi connectivity index (χ1n) is 5.48. The van der Waals surface area contributed by atoms with Gasteiger partial charge in [0.05, 0.1) is 16.9 Å². The van der Waals surface area contributed by atoms with E-state index in [2.05, 4.69) is 15.9 Å². The first kappa shape index (κ1) is 12.6. The summed E-state index contributed by atoms with van der Waals surface area (Å²) in [7, 11) is 1.72. The molecule has 0 fully saturated rings. The van der Waals surface area contributed by atoms with Crippen molar-refractivity contribution in [1.82, 2.24) is 0 Å². The Labute approximate surface area is 114 Å². The number of hydrogen-bond donors (Lipinski definition) is 1. The largest absolute Gasteiger partial charge is 0.397 e. The molecule has 1 amide bonds. The Hall–Kier alpha value is -1.81. The average molecular weight is 305 g/mol. The Morgan fingerprint density at radius 1 is 1.11 bits per heavy atom. The molecule has 2 N–H and O–H groups in total. The highest BCUT2D eigenvalue weighted by atomic mass is 79.9. The third-order valence-corrected chi connectivity index (χ3v) is 3.40. The predicted octanol–water partition coefficient (Wildman–Crippen LogP) is 3.31. The molecule has 0 aliphatic rings. The summed E-state index contributed by atoms with van der Waals surface area (Å²) in [6.45, 7) is 0. The number of hydrogen-bond acceptors (Lipinski definition) is 2. The molecule has 3 nitrogen and oxygen atoms in total. The van der Waals surface area contributed by atoms with E-state index in [1.165, 1.54) is 0 Å². The normalized spacial score (nSPS) is 10.1. The van der Waals surface area contributed by atoms with Crippen LogP contribution in [0.4, 0.5) is 11.4 Å². The van der Waals surface area contributed by atoms with Crippen molar-refractivity contribution < 1.29 is 4.79 Å². The van der Waals surface area contributed by atoms with Crippen LogP contribution in [0.2, 0.25) is 0 Å². The first-order chi connectivity index (χ1) is 8.61. The number of anilines is 2. The van der Waals surface area contributed by atoms with Gasteiger partial charge in [0.1, 0.15) is 0 Å². The second kappa shape index (κ2) is 5.23. The lowest BCUT2D eigenvalue weighted by Crippen LogP contribution is -2.27. The lowest BCUT2D eigenvalue weighted by Gasteiger charge is -2.19. The van der Waals surface area contributed by atoms with Crippen molar-refractivity contribution in [2.24, 2.45) is 0 Å². The maximum atomic E-state index is 12.4. The molecule has 2 aromatic rings. The molecule has 0 radical (unpaired) electrons. The highest BCUT2D eigenvalue weighted by molar-refractivity contribution is 9.10. The molecule has 0 aromatic heterocycles. The minimum atomic E-state index is -0.0969. The SMILES string of the molecule is CN(C(=O)c1ccccc1Br)c1ccccc1N. The number of benzene rings is 2. The van der Waals surface area contributed by atoms with Gasteiger partial charge in [0.15, 0.2) is 0 Å². The molecule has 92 valence electrons. The molecule has 2 aromatic carbocycles. The van der Waals surface area contributed by atoms with E-state index < -0.39 is 0 Å². The molecule has 0 saturated carbocycles. The second-order valence-electron chi connectivity index (χ2n) is 3.90. The van der Waals surface area contributed by atoms with Gasteiger partial charge in [-0.05, 0) is 40.2 Å². The van der Waals surface area contributed by atoms with Gasteiger partial charge in [0.2, 0.25) is 0 Å². The van der Waals surface area contributed by atoms with E-state index in [1.54, 1.807) is 24.1 Å². The number of nitrogens with zero attached hydrogens (tertiary/aromatic N) is 1. The molecule has 0 heterocycles. The van der Waals surface area contributed by atoms with Gasteiger partial charge in [-0.25, -0.2) is 0 Å². The van der Waals surface area contributed by atoms with Crippen LogP contribution in [-0.2, 0) is 0 Å². The van der Waals surface area contributed by atoms with E-state index in [9.17, 15) is 4.79 Å². The summed E-state index contributed by atoms with van der Waals surface area (Å²) in [6, 6.07) is 14.6. The summed E-state index contributed by atoms with van der Waals surface area (Å²) >= 11 is 3.38. The van der Waals surface area contributed by atoms with Crippen LogP contribution < -0.4 is 10.6 Å². The van der Waals surface area contributed by atoms with Crippen molar-refractivity contribution in [3.05, 3.63) is 58.6 Å². The number of rotatable bonds is 2. The van der Waals surface area contributed by atoms with Crippen molar-refractivity contribution in [1.29, 1.82) is 0 Å². The number of nitrogens with two attached hydrogens (primary N) is 1. The quantitative estimate of drug-likeness (QED) is 0.865. The fourth-order valence-corrected chi connectivity index (χ4v) is 2.17. The minimum Gasteiger partial charge on any atom is -0.397 e. The van der Waals surface area contributed by atoms with Gasteiger partial charge < -0.3 is 10.6 Å². The van der Waals surface area contributed by atoms with Crippen LogP contribution in [0.5, 0.6) is 0 Å². The summed E-state index contributed by atoms with van der Waals surface area (Å²) in [5.74, 6) is -0.0969. The summed E-state index contributed by atoms with van der Waals surface area (Å²) in [4.78, 5) is 13.9. The molecule has 0 atom stereocenters. The van der Waals surface area contributed by atoms with Crippen LogP contribution in [0.25, 0.3) is 0 Å². The van der Waals surface area contributed by atoms with Crippen molar-refractivity contribution in [2.75, 3.05) is 17.7 Å². The Balaban J connectivity index is 2.36. The monoisotopic (exact) mass is 304 g/mol. The van der Waals surface area contributed by atoms with Gasteiger partial charge in [-0.3, -0.25) is 4.79 Å². The zero-order valence-corrected chi connectivity index (χ0v) is 11.5. The van der Waals surface area contributed by atoms with E-state index in [0.717, 1.165) is 4.47 Å². The number of carbonyl (C=O) groups excluding carboxylic acids is 1. The van der Waals surface area contributed by atoms with Crippen LogP contribution in [0, 0.1) is 0 Å². The Morgan fingerprint density at radius 3 is 2.39 bits per heavy atom. The minimum absolute atomic E-state index is 0.0969. The van der Waals surface area contributed by atoms with Crippen LogP contribution in [0.3, 0.4) is 0 Å². The van der Waals surface area contributed by atoms with Crippen LogP contribution >= 0.6 is 15.9 Å². The summed E-state index contributed by atoms with van der Waals surface area (Å²) in [6.07, 6.45) is 0. The molecule has 2 rings (SSSR count). The molecule has 0 bridgehead atoms. The number of nitrogen functional groups attached to an aromatic ring is 1. The van der Waals surface area contributed by atoms with Crippen LogP contribution in [0.1, 0.15) is 10.4 Å². The predicted molar refractivity (Wildman–Crippen MR) is 77.7 cm³/mol. The number of halogens is 1. The Morgan fingerprint density at radius 2 is 1.72 bits per heavy atom. The van der Waals surface area contributed by atoms with Crippen molar-refractivity contribution >= 4 is 33.2 Å². The van der Waals surface area contributed by atoms with Gasteiger partial charge in [-0.15, -0.1) is 0 Å². The third-order valence-electron chi connectivity index (χ3n) is 2.71. The van der Waals surface area contributed by atoms with E-state index >= 15 is 0 Å². The molecule has 0 saturated heterocycles. The summed E-state index contributed by atoms with van der Waals surface area (Å²) in [5.41, 5.74) is 7.77. The van der Waals surface area contributed by atoms with Crippen molar-refractivity contribution in [3.63, 3.8) is 0 Å². The van der Waals surface area contributed by atoms with Gasteiger partial charge >= 0.3 is 0 Å². The average Bonchev–Trinajstić information content (AvgIpc) is 2.38. The summed E-state index contributed by atoms with van der Waals surface area (Å²) in [5, 5.41) is 0. The zero-order valence-electron chi connectivity index (χ0n) is 9.93. The second-order valence-corrected chi connectivity index (χ2v) is 4.76. The van der Waals surface area contributed by atoms with Gasteiger partial charge in [0.25, 0.3) is 5.91 Å². The number of para-hydroxylation sites is 2. The molecular weight excluding hydrogens is 292 g/mol. The van der Waals surface area contributed by atoms with E-state index in [-0.39, 0.29) is 5.91 Å². The van der Waals surface area contributed by atoms with E-state index in [4.69, 9.17) is 5.73 Å². The Bertz CT molecular complexity index is 584. The lowest BCUT2D eigenvalue weighted by atomic mass is 10.2. The Kier molecular flexibility index (Phi) is 3.67. The molecule has 0 spiro atoms. The zero-order chi connectivity index (χ0) is 13.1. The van der Waals surface area contributed by atoms with E-state index in [1.807, 2.05) is 36.4 Å². The maximum Gasteiger partial charge on any atom is 0.259 e. The van der Waals surface area contributed by atoms with Crippen molar-refractivity contribution in [2.45, 2.75) is 0 Å². The fraction of sp³-hybridized carbons (Fsp3) is 0.0714. The fourth-order valence-electron chi connectivity index (χ4n) is 1.72. The molecule has 0 unspecified atom stereocenters. The van der Waals surface area contributed by atoms with Crippen LogP contribution in [0.15, 0.2) is 53.0 Å². The smallest absolute Gasteiger partial charge is 0.259 e. The first-order valence-corrected chi connectivity index (χ1v) is 6.27. The molecule has 0 aliphatic carbocycles. The number of carbonyl (C=O) groups is 1. The van der Waals surface area contributed by atoms with Crippen molar-refractivity contribution in [3.8, 4) is 0 Å². The van der Waals surface area contributed by atoms with Crippen LogP contribution in [-0.4, -0.2) is 13.0 Å². The topological polar surface area (TPSA) is 46.3 Å². The maximum absolute atomic E-state index is 12.4. The van der Waals surface area contributed by atoms with Gasteiger partial charge in [0, 0.05) is 11.5 Å². The molecule has 0 aliphatic heterocycles. The molecular formula is C14H13BrN2O. The third kappa shape index (κ3) is 2.38.